The van der Waals surface area contributed by atoms with Crippen molar-refractivity contribution in [3.63, 3.8) is 0 Å². The fourth-order valence-corrected chi connectivity index (χ4v) is 3.74. The second-order valence-corrected chi connectivity index (χ2v) is 6.83. The summed E-state index contributed by atoms with van der Waals surface area (Å²) in [6, 6.07) is 13.9. The van der Waals surface area contributed by atoms with Crippen LogP contribution in [0.25, 0.3) is 0 Å². The molecule has 2 aromatic carbocycles. The van der Waals surface area contributed by atoms with E-state index in [0.29, 0.717) is 11.3 Å². The molecule has 3 rings (SSSR count). The highest BCUT2D eigenvalue weighted by Gasteiger charge is 2.26. The van der Waals surface area contributed by atoms with Gasteiger partial charge in [0.05, 0.1) is 18.2 Å². The molecule has 0 heterocycles. The molecule has 1 aliphatic carbocycles. The van der Waals surface area contributed by atoms with Crippen LogP contribution in [0.1, 0.15) is 45.9 Å². The normalized spacial score (nSPS) is 15.8. The molecule has 0 unspecified atom stereocenters. The van der Waals surface area contributed by atoms with Gasteiger partial charge in [-0.2, -0.15) is 0 Å². The number of rotatable bonds is 5. The molecule has 136 valence electrons. The standard InChI is InChI=1S/C21H25N3O2/c1-14-7-5-11-17(20(14)21(22)26)23-13-19(25)24(2)18-12-6-9-15-8-3-4-10-16(15)18/h3-5,7-8,10-11,18,23H,6,9,12-13H2,1-2H3,(H2,22,26)/t18-/m1/s1. The monoisotopic (exact) mass is 351 g/mol. The van der Waals surface area contributed by atoms with Crippen LogP contribution >= 0.6 is 0 Å². The first-order valence-corrected chi connectivity index (χ1v) is 8.95. The number of carbonyl (C=O) groups is 2. The lowest BCUT2D eigenvalue weighted by Gasteiger charge is -2.33. The number of benzene rings is 2. The summed E-state index contributed by atoms with van der Waals surface area (Å²) < 4.78 is 0. The molecule has 0 aliphatic heterocycles. The first-order valence-electron chi connectivity index (χ1n) is 8.95. The molecule has 5 heteroatoms. The van der Waals surface area contributed by atoms with Gasteiger partial charge in [0.2, 0.25) is 5.91 Å². The Hall–Kier alpha value is -2.82. The average molecular weight is 351 g/mol. The molecule has 0 aromatic heterocycles. The number of nitrogens with two attached hydrogens (primary N) is 1. The van der Waals surface area contributed by atoms with E-state index in [1.54, 1.807) is 6.07 Å². The van der Waals surface area contributed by atoms with E-state index in [9.17, 15) is 9.59 Å². The number of nitrogens with zero attached hydrogens (tertiary/aromatic N) is 1. The molecular formula is C21H25N3O2. The van der Waals surface area contributed by atoms with Crippen LogP contribution in [-0.2, 0) is 11.2 Å². The molecule has 0 bridgehead atoms. The van der Waals surface area contributed by atoms with Crippen molar-refractivity contribution in [1.82, 2.24) is 4.90 Å². The van der Waals surface area contributed by atoms with Gasteiger partial charge in [0.25, 0.3) is 5.91 Å². The third kappa shape index (κ3) is 3.57. The summed E-state index contributed by atoms with van der Waals surface area (Å²) in [5, 5.41) is 3.09. The Kier molecular flexibility index (Phi) is 5.26. The topological polar surface area (TPSA) is 75.4 Å². The second kappa shape index (κ2) is 7.60. The molecule has 0 saturated heterocycles. The van der Waals surface area contributed by atoms with Crippen LogP contribution < -0.4 is 11.1 Å². The highest BCUT2D eigenvalue weighted by atomic mass is 16.2. The molecule has 5 nitrogen and oxygen atoms in total. The van der Waals surface area contributed by atoms with Gasteiger partial charge >= 0.3 is 0 Å². The van der Waals surface area contributed by atoms with Crippen molar-refractivity contribution in [3.8, 4) is 0 Å². The Balaban J connectivity index is 1.72. The van der Waals surface area contributed by atoms with E-state index in [0.717, 1.165) is 24.8 Å². The maximum absolute atomic E-state index is 12.7. The largest absolute Gasteiger partial charge is 0.375 e. The van der Waals surface area contributed by atoms with E-state index in [1.807, 2.05) is 43.1 Å². The predicted molar refractivity (Wildman–Crippen MR) is 103 cm³/mol. The zero-order valence-corrected chi connectivity index (χ0v) is 15.3. The quantitative estimate of drug-likeness (QED) is 0.869. The third-order valence-electron chi connectivity index (χ3n) is 5.15. The minimum absolute atomic E-state index is 0.0105. The highest BCUT2D eigenvalue weighted by molar-refractivity contribution is 6.00. The SMILES string of the molecule is Cc1cccc(NCC(=O)N(C)[C@@H]2CCCc3ccccc32)c1C(N)=O. The van der Waals surface area contributed by atoms with Crippen molar-refractivity contribution >= 4 is 17.5 Å². The zero-order chi connectivity index (χ0) is 18.7. The van der Waals surface area contributed by atoms with E-state index in [1.165, 1.54) is 11.1 Å². The van der Waals surface area contributed by atoms with Gasteiger partial charge in [-0.25, -0.2) is 0 Å². The highest BCUT2D eigenvalue weighted by Crippen LogP contribution is 2.33. The number of anilines is 1. The summed E-state index contributed by atoms with van der Waals surface area (Å²) in [7, 11) is 1.85. The summed E-state index contributed by atoms with van der Waals surface area (Å²) in [6.45, 7) is 1.96. The smallest absolute Gasteiger partial charge is 0.251 e. The molecule has 3 N–H and O–H groups in total. The number of amides is 2. The van der Waals surface area contributed by atoms with Crippen molar-refractivity contribution < 1.29 is 9.59 Å². The predicted octanol–water partition coefficient (Wildman–Crippen LogP) is 3.04. The first-order chi connectivity index (χ1) is 12.5. The number of hydrogen-bond acceptors (Lipinski definition) is 3. The maximum atomic E-state index is 12.7. The van der Waals surface area contributed by atoms with E-state index in [4.69, 9.17) is 5.73 Å². The number of nitrogens with one attached hydrogen (secondary N) is 1. The first kappa shape index (κ1) is 18.0. The number of primary amides is 1. The number of hydrogen-bond donors (Lipinski definition) is 2. The summed E-state index contributed by atoms with van der Waals surface area (Å²) >= 11 is 0. The van der Waals surface area contributed by atoms with Gasteiger partial charge in [-0.3, -0.25) is 9.59 Å². The van der Waals surface area contributed by atoms with Crippen molar-refractivity contribution in [2.75, 3.05) is 18.9 Å². The van der Waals surface area contributed by atoms with Crippen LogP contribution in [-0.4, -0.2) is 30.3 Å². The van der Waals surface area contributed by atoms with Gasteiger partial charge in [-0.1, -0.05) is 36.4 Å². The fraction of sp³-hybridized carbons (Fsp3) is 0.333. The molecule has 1 aliphatic rings. The van der Waals surface area contributed by atoms with E-state index in [2.05, 4.69) is 17.4 Å². The zero-order valence-electron chi connectivity index (χ0n) is 15.3. The molecule has 2 aromatic rings. The van der Waals surface area contributed by atoms with Crippen LogP contribution in [0.4, 0.5) is 5.69 Å². The summed E-state index contributed by atoms with van der Waals surface area (Å²) in [6.07, 6.45) is 3.12. The van der Waals surface area contributed by atoms with Crippen molar-refractivity contribution in [1.29, 1.82) is 0 Å². The van der Waals surface area contributed by atoms with Crippen LogP contribution in [0.3, 0.4) is 0 Å². The lowest BCUT2D eigenvalue weighted by molar-refractivity contribution is -0.130. The fourth-order valence-electron chi connectivity index (χ4n) is 3.74. The van der Waals surface area contributed by atoms with Crippen LogP contribution in [0, 0.1) is 6.92 Å². The van der Waals surface area contributed by atoms with Gasteiger partial charge in [0.15, 0.2) is 0 Å². The van der Waals surface area contributed by atoms with Crippen LogP contribution in [0.2, 0.25) is 0 Å². The molecule has 0 spiro atoms. The third-order valence-corrected chi connectivity index (χ3v) is 5.15. The molecule has 26 heavy (non-hydrogen) atoms. The van der Waals surface area contributed by atoms with Crippen molar-refractivity contribution in [2.45, 2.75) is 32.2 Å². The van der Waals surface area contributed by atoms with E-state index < -0.39 is 5.91 Å². The molecule has 0 fully saturated rings. The van der Waals surface area contributed by atoms with Gasteiger partial charge in [-0.05, 0) is 48.9 Å². The Morgan fingerprint density at radius 2 is 1.96 bits per heavy atom. The molecule has 0 saturated carbocycles. The van der Waals surface area contributed by atoms with Crippen LogP contribution in [0.15, 0.2) is 42.5 Å². The van der Waals surface area contributed by atoms with E-state index >= 15 is 0 Å². The van der Waals surface area contributed by atoms with Gasteiger partial charge in [-0.15, -0.1) is 0 Å². The lowest BCUT2D eigenvalue weighted by atomic mass is 9.87. The minimum atomic E-state index is -0.493. The lowest BCUT2D eigenvalue weighted by Crippen LogP contribution is -2.37. The number of fused-ring (bicyclic) bond motifs is 1. The maximum Gasteiger partial charge on any atom is 0.251 e. The second-order valence-electron chi connectivity index (χ2n) is 6.83. The number of aryl methyl sites for hydroxylation is 2. The van der Waals surface area contributed by atoms with Crippen molar-refractivity contribution in [2.24, 2.45) is 5.73 Å². The van der Waals surface area contributed by atoms with Gasteiger partial charge < -0.3 is 16.0 Å². The minimum Gasteiger partial charge on any atom is -0.375 e. The molecule has 1 atom stereocenters. The summed E-state index contributed by atoms with van der Waals surface area (Å²) in [5.74, 6) is -0.503. The Labute approximate surface area is 154 Å². The van der Waals surface area contributed by atoms with Gasteiger partial charge in [0, 0.05) is 12.7 Å². The summed E-state index contributed by atoms with van der Waals surface area (Å²) in [4.78, 5) is 26.2. The molecule has 0 radical (unpaired) electrons. The average Bonchev–Trinajstić information content (AvgIpc) is 2.64. The van der Waals surface area contributed by atoms with Crippen molar-refractivity contribution in [3.05, 3.63) is 64.7 Å². The number of carbonyl (C=O) groups excluding carboxylic acids is 2. The number of likely N-dealkylation sites (N-methyl/N-ethyl adjacent to an activating group) is 1. The summed E-state index contributed by atoms with van der Waals surface area (Å²) in [5.41, 5.74) is 9.87. The Morgan fingerprint density at radius 3 is 2.73 bits per heavy atom. The van der Waals surface area contributed by atoms with Gasteiger partial charge in [0.1, 0.15) is 0 Å². The van der Waals surface area contributed by atoms with Crippen LogP contribution in [0.5, 0.6) is 0 Å². The molecule has 2 amide bonds. The van der Waals surface area contributed by atoms with E-state index in [-0.39, 0.29) is 18.5 Å². The molecular weight excluding hydrogens is 326 g/mol. The Morgan fingerprint density at radius 1 is 1.19 bits per heavy atom. The Bertz CT molecular complexity index is 832.